The Morgan fingerprint density at radius 2 is 1.65 bits per heavy atom. The highest BCUT2D eigenvalue weighted by Gasteiger charge is 2.40. The van der Waals surface area contributed by atoms with E-state index in [1.165, 1.54) is 29.6 Å². The van der Waals surface area contributed by atoms with E-state index in [4.69, 9.17) is 18.9 Å². The fourth-order valence-electron chi connectivity index (χ4n) is 4.63. The number of nitrogens with zero attached hydrogens (tertiary/aromatic N) is 1. The van der Waals surface area contributed by atoms with Crippen molar-refractivity contribution in [2.24, 2.45) is 0 Å². The first-order chi connectivity index (χ1) is 19.4. The highest BCUT2D eigenvalue weighted by Crippen LogP contribution is 2.44. The lowest BCUT2D eigenvalue weighted by atomic mass is 10.1. The van der Waals surface area contributed by atoms with Gasteiger partial charge in [0.05, 0.1) is 26.9 Å². The predicted molar refractivity (Wildman–Crippen MR) is 149 cm³/mol. The zero-order valence-electron chi connectivity index (χ0n) is 22.2. The molecule has 0 saturated heterocycles. The molecule has 5 rings (SSSR count). The van der Waals surface area contributed by atoms with Gasteiger partial charge < -0.3 is 18.9 Å². The second kappa shape index (κ2) is 12.1. The molecule has 208 valence electrons. The SMILES string of the molecule is COc1cc(F)ccc1Oc1cccc2c1S(=O)(=O)N([C@H](C)c1ccccc1)C[C@@H](COCc1ccccc1)O2. The maximum atomic E-state index is 14.3. The molecular weight excluding hydrogens is 533 g/mol. The van der Waals surface area contributed by atoms with Crippen LogP contribution < -0.4 is 14.2 Å². The van der Waals surface area contributed by atoms with Gasteiger partial charge in [-0.2, -0.15) is 4.31 Å². The van der Waals surface area contributed by atoms with Gasteiger partial charge in [-0.25, -0.2) is 12.8 Å². The van der Waals surface area contributed by atoms with Gasteiger partial charge in [-0.15, -0.1) is 0 Å². The number of ether oxygens (including phenoxy) is 4. The van der Waals surface area contributed by atoms with E-state index in [1.54, 1.807) is 18.2 Å². The van der Waals surface area contributed by atoms with Crippen LogP contribution in [0.1, 0.15) is 24.1 Å². The van der Waals surface area contributed by atoms with Crippen LogP contribution in [0.5, 0.6) is 23.0 Å². The summed E-state index contributed by atoms with van der Waals surface area (Å²) >= 11 is 0. The number of benzene rings is 4. The Morgan fingerprint density at radius 1 is 0.925 bits per heavy atom. The predicted octanol–water partition coefficient (Wildman–Crippen LogP) is 6.36. The van der Waals surface area contributed by atoms with Crippen LogP contribution in [0.2, 0.25) is 0 Å². The Kier molecular flexibility index (Phi) is 8.35. The maximum absolute atomic E-state index is 14.3. The minimum atomic E-state index is -4.14. The van der Waals surface area contributed by atoms with E-state index < -0.39 is 28.0 Å². The van der Waals surface area contributed by atoms with Gasteiger partial charge in [0, 0.05) is 12.1 Å². The Hall–Kier alpha value is -3.92. The molecule has 0 spiro atoms. The Morgan fingerprint density at radius 3 is 2.38 bits per heavy atom. The second-order valence-corrected chi connectivity index (χ2v) is 11.2. The van der Waals surface area contributed by atoms with Crippen molar-refractivity contribution in [2.45, 2.75) is 30.6 Å². The summed E-state index contributed by atoms with van der Waals surface area (Å²) in [6.45, 7) is 2.42. The van der Waals surface area contributed by atoms with Gasteiger partial charge in [0.15, 0.2) is 22.1 Å². The summed E-state index contributed by atoms with van der Waals surface area (Å²) in [4.78, 5) is -0.116. The lowest BCUT2D eigenvalue weighted by Gasteiger charge is -2.29. The lowest BCUT2D eigenvalue weighted by Crippen LogP contribution is -2.40. The summed E-state index contributed by atoms with van der Waals surface area (Å²) in [6.07, 6.45) is -0.596. The van der Waals surface area contributed by atoms with Crippen LogP contribution in [0.15, 0.2) is 102 Å². The van der Waals surface area contributed by atoms with Gasteiger partial charge >= 0.3 is 0 Å². The quantitative estimate of drug-likeness (QED) is 0.236. The lowest BCUT2D eigenvalue weighted by molar-refractivity contribution is 0.0313. The van der Waals surface area contributed by atoms with E-state index in [1.807, 2.05) is 67.6 Å². The average molecular weight is 564 g/mol. The molecule has 0 fully saturated rings. The number of fused-ring (bicyclic) bond motifs is 1. The molecule has 0 aliphatic carbocycles. The number of methoxy groups -OCH3 is 1. The number of rotatable bonds is 9. The number of sulfonamides is 1. The normalized spacial score (nSPS) is 17.2. The molecule has 0 aromatic heterocycles. The van der Waals surface area contributed by atoms with Crippen molar-refractivity contribution in [1.29, 1.82) is 0 Å². The van der Waals surface area contributed by atoms with Crippen LogP contribution in [0.3, 0.4) is 0 Å². The van der Waals surface area contributed by atoms with E-state index >= 15 is 0 Å². The fraction of sp³-hybridized carbons (Fsp3) is 0.226. The van der Waals surface area contributed by atoms with Gasteiger partial charge in [0.25, 0.3) is 10.0 Å². The molecule has 0 radical (unpaired) electrons. The van der Waals surface area contributed by atoms with Gasteiger partial charge in [0.2, 0.25) is 0 Å². The molecule has 0 N–H and O–H groups in total. The van der Waals surface area contributed by atoms with Gasteiger partial charge in [-0.3, -0.25) is 0 Å². The summed E-state index contributed by atoms with van der Waals surface area (Å²) in [5.41, 5.74) is 1.83. The molecule has 0 saturated carbocycles. The highest BCUT2D eigenvalue weighted by molar-refractivity contribution is 7.89. The van der Waals surface area contributed by atoms with Crippen molar-refractivity contribution >= 4 is 10.0 Å². The standard InChI is InChI=1S/C31H30FNO6S/c1-22(24-12-7-4-8-13-24)33-19-26(21-37-20-23-10-5-3-6-11-23)38-28-14-9-15-29(31(28)40(33,34)35)39-27-17-16-25(32)18-30(27)36-2/h3-18,22,26H,19-21H2,1-2H3/t22-,26+/m1/s1. The largest absolute Gasteiger partial charge is 0.493 e. The van der Waals surface area contributed by atoms with Gasteiger partial charge in [-0.05, 0) is 42.3 Å². The maximum Gasteiger partial charge on any atom is 0.251 e. The molecule has 1 heterocycles. The molecule has 2 atom stereocenters. The summed E-state index contributed by atoms with van der Waals surface area (Å²) < 4.78 is 67.4. The van der Waals surface area contributed by atoms with Crippen LogP contribution in [0.4, 0.5) is 4.39 Å². The first-order valence-electron chi connectivity index (χ1n) is 12.9. The molecule has 40 heavy (non-hydrogen) atoms. The molecule has 0 bridgehead atoms. The molecule has 0 unspecified atom stereocenters. The third-order valence-corrected chi connectivity index (χ3v) is 8.66. The summed E-state index contributed by atoms with van der Waals surface area (Å²) in [5.74, 6) is -0.0187. The Balaban J connectivity index is 1.53. The minimum absolute atomic E-state index is 0.0403. The Labute approximate surface area is 233 Å². The van der Waals surface area contributed by atoms with Crippen LogP contribution in [-0.4, -0.2) is 39.1 Å². The van der Waals surface area contributed by atoms with Crippen LogP contribution in [0, 0.1) is 5.82 Å². The molecule has 7 nitrogen and oxygen atoms in total. The topological polar surface area (TPSA) is 74.3 Å². The van der Waals surface area contributed by atoms with Crippen molar-refractivity contribution in [1.82, 2.24) is 4.31 Å². The molecule has 4 aromatic carbocycles. The molecule has 1 aliphatic rings. The summed E-state index contributed by atoms with van der Waals surface area (Å²) in [7, 11) is -2.76. The van der Waals surface area contributed by atoms with E-state index in [-0.39, 0.29) is 41.0 Å². The van der Waals surface area contributed by atoms with E-state index in [0.29, 0.717) is 6.61 Å². The number of hydrogen-bond donors (Lipinski definition) is 0. The van der Waals surface area contributed by atoms with E-state index in [0.717, 1.165) is 11.1 Å². The monoisotopic (exact) mass is 563 g/mol. The summed E-state index contributed by atoms with van der Waals surface area (Å²) in [6, 6.07) is 27.2. The van der Waals surface area contributed by atoms with Crippen molar-refractivity contribution in [3.63, 3.8) is 0 Å². The molecule has 1 aliphatic heterocycles. The van der Waals surface area contributed by atoms with Crippen molar-refractivity contribution in [3.05, 3.63) is 114 Å². The van der Waals surface area contributed by atoms with Crippen LogP contribution >= 0.6 is 0 Å². The number of hydrogen-bond acceptors (Lipinski definition) is 6. The number of halogens is 1. The summed E-state index contributed by atoms with van der Waals surface area (Å²) in [5, 5.41) is 0. The van der Waals surface area contributed by atoms with Crippen LogP contribution in [0.25, 0.3) is 0 Å². The van der Waals surface area contributed by atoms with Crippen molar-refractivity contribution in [3.8, 4) is 23.0 Å². The molecule has 0 amide bonds. The highest BCUT2D eigenvalue weighted by atomic mass is 32.2. The second-order valence-electron chi connectivity index (χ2n) is 9.38. The van der Waals surface area contributed by atoms with Crippen molar-refractivity contribution < 1.29 is 31.8 Å². The first kappa shape index (κ1) is 27.6. The zero-order chi connectivity index (χ0) is 28.1. The zero-order valence-corrected chi connectivity index (χ0v) is 23.0. The smallest absolute Gasteiger partial charge is 0.251 e. The molecule has 9 heteroatoms. The molecule has 4 aromatic rings. The third kappa shape index (κ3) is 5.96. The Bertz CT molecular complexity index is 1550. The van der Waals surface area contributed by atoms with Crippen LogP contribution in [-0.2, 0) is 21.4 Å². The third-order valence-electron chi connectivity index (χ3n) is 6.66. The fourth-order valence-corrected chi connectivity index (χ4v) is 6.50. The molecular formula is C31H30FNO6S. The van der Waals surface area contributed by atoms with Gasteiger partial charge in [0.1, 0.15) is 17.7 Å². The van der Waals surface area contributed by atoms with E-state index in [2.05, 4.69) is 0 Å². The minimum Gasteiger partial charge on any atom is -0.493 e. The van der Waals surface area contributed by atoms with E-state index in [9.17, 15) is 12.8 Å². The first-order valence-corrected chi connectivity index (χ1v) is 14.3. The van der Waals surface area contributed by atoms with Gasteiger partial charge in [-0.1, -0.05) is 66.7 Å². The van der Waals surface area contributed by atoms with Crippen molar-refractivity contribution in [2.75, 3.05) is 20.3 Å². The average Bonchev–Trinajstić information content (AvgIpc) is 3.08.